The van der Waals surface area contributed by atoms with Gasteiger partial charge in [0.1, 0.15) is 11.6 Å². The van der Waals surface area contributed by atoms with E-state index in [0.717, 1.165) is 33.9 Å². The first-order valence-corrected chi connectivity index (χ1v) is 8.17. The van der Waals surface area contributed by atoms with Crippen LogP contribution >= 0.6 is 0 Å². The molecule has 4 heteroatoms. The van der Waals surface area contributed by atoms with Gasteiger partial charge in [0.05, 0.1) is 12.6 Å². The van der Waals surface area contributed by atoms with Crippen molar-refractivity contribution < 1.29 is 4.74 Å². The quantitative estimate of drug-likeness (QED) is 0.573. The van der Waals surface area contributed by atoms with Crippen LogP contribution in [-0.4, -0.2) is 16.7 Å². The zero-order valence-corrected chi connectivity index (χ0v) is 14.2. The molecular formula is C21H19N3O. The van der Waals surface area contributed by atoms with Crippen molar-refractivity contribution in [3.63, 3.8) is 0 Å². The first-order valence-electron chi connectivity index (χ1n) is 8.17. The van der Waals surface area contributed by atoms with Crippen LogP contribution in [0, 0.1) is 0 Å². The standard InChI is InChI=1S/C21H19N3O/c1-24-19-11-12-22-21(23-16-9-6-10-17(13-16)25-2)18(19)14-20(24)15-7-4-3-5-8-15/h3-14H,1-2H3,(H,22,23). The summed E-state index contributed by atoms with van der Waals surface area (Å²) in [4.78, 5) is 4.54. The van der Waals surface area contributed by atoms with Crippen LogP contribution in [0.15, 0.2) is 72.9 Å². The van der Waals surface area contributed by atoms with Gasteiger partial charge in [-0.1, -0.05) is 36.4 Å². The summed E-state index contributed by atoms with van der Waals surface area (Å²) in [6.07, 6.45) is 1.83. The lowest BCUT2D eigenvalue weighted by Crippen LogP contribution is -1.95. The topological polar surface area (TPSA) is 39.1 Å². The van der Waals surface area contributed by atoms with Gasteiger partial charge in [0.2, 0.25) is 0 Å². The van der Waals surface area contributed by atoms with E-state index in [2.05, 4.69) is 52.2 Å². The van der Waals surface area contributed by atoms with Crippen molar-refractivity contribution in [3.05, 3.63) is 72.9 Å². The SMILES string of the molecule is COc1cccc(Nc2nccc3c2cc(-c2ccccc2)n3C)c1. The van der Waals surface area contributed by atoms with Gasteiger partial charge in [-0.05, 0) is 29.8 Å². The van der Waals surface area contributed by atoms with E-state index >= 15 is 0 Å². The number of benzene rings is 2. The molecule has 1 N–H and O–H groups in total. The molecule has 2 heterocycles. The molecule has 4 aromatic rings. The van der Waals surface area contributed by atoms with Crippen LogP contribution in [0.5, 0.6) is 5.75 Å². The van der Waals surface area contributed by atoms with Crippen molar-refractivity contribution in [2.45, 2.75) is 0 Å². The van der Waals surface area contributed by atoms with Crippen LogP contribution in [0.1, 0.15) is 0 Å². The van der Waals surface area contributed by atoms with Gasteiger partial charge >= 0.3 is 0 Å². The fourth-order valence-electron chi connectivity index (χ4n) is 3.08. The van der Waals surface area contributed by atoms with Gasteiger partial charge in [0.25, 0.3) is 0 Å². The molecule has 0 radical (unpaired) electrons. The number of anilines is 2. The number of nitrogens with one attached hydrogen (secondary N) is 1. The maximum absolute atomic E-state index is 5.30. The Bertz CT molecular complexity index is 1020. The lowest BCUT2D eigenvalue weighted by molar-refractivity contribution is 0.415. The minimum Gasteiger partial charge on any atom is -0.497 e. The number of ether oxygens (including phenoxy) is 1. The Morgan fingerprint density at radius 1 is 0.960 bits per heavy atom. The van der Waals surface area contributed by atoms with E-state index in [9.17, 15) is 0 Å². The van der Waals surface area contributed by atoms with Crippen LogP contribution in [0.2, 0.25) is 0 Å². The molecule has 0 aliphatic rings. The predicted octanol–water partition coefficient (Wildman–Crippen LogP) is 4.99. The van der Waals surface area contributed by atoms with Crippen LogP contribution in [0.3, 0.4) is 0 Å². The van der Waals surface area contributed by atoms with Crippen molar-refractivity contribution in [1.29, 1.82) is 0 Å². The van der Waals surface area contributed by atoms with Crippen LogP contribution in [-0.2, 0) is 7.05 Å². The Morgan fingerprint density at radius 2 is 1.80 bits per heavy atom. The van der Waals surface area contributed by atoms with Crippen molar-refractivity contribution in [1.82, 2.24) is 9.55 Å². The summed E-state index contributed by atoms with van der Waals surface area (Å²) in [5.41, 5.74) is 4.44. The molecule has 2 aromatic carbocycles. The second kappa shape index (κ2) is 6.32. The molecule has 124 valence electrons. The fraction of sp³-hybridized carbons (Fsp3) is 0.0952. The maximum Gasteiger partial charge on any atom is 0.139 e. The van der Waals surface area contributed by atoms with Crippen molar-refractivity contribution in [2.75, 3.05) is 12.4 Å². The van der Waals surface area contributed by atoms with E-state index < -0.39 is 0 Å². The highest BCUT2D eigenvalue weighted by atomic mass is 16.5. The number of methoxy groups -OCH3 is 1. The van der Waals surface area contributed by atoms with Crippen LogP contribution in [0.4, 0.5) is 11.5 Å². The van der Waals surface area contributed by atoms with Gasteiger partial charge in [0, 0.05) is 36.1 Å². The van der Waals surface area contributed by atoms with Crippen molar-refractivity contribution in [2.24, 2.45) is 7.05 Å². The highest BCUT2D eigenvalue weighted by Crippen LogP contribution is 2.32. The zero-order valence-electron chi connectivity index (χ0n) is 14.2. The number of pyridine rings is 1. The first-order chi connectivity index (χ1) is 12.3. The molecular weight excluding hydrogens is 310 g/mol. The Hall–Kier alpha value is -3.27. The van der Waals surface area contributed by atoms with E-state index in [4.69, 9.17) is 4.74 Å². The van der Waals surface area contributed by atoms with E-state index in [1.807, 2.05) is 42.6 Å². The summed E-state index contributed by atoms with van der Waals surface area (Å²) in [7, 11) is 3.75. The predicted molar refractivity (Wildman–Crippen MR) is 102 cm³/mol. The molecule has 0 unspecified atom stereocenters. The number of fused-ring (bicyclic) bond motifs is 1. The highest BCUT2D eigenvalue weighted by Gasteiger charge is 2.12. The van der Waals surface area contributed by atoms with Gasteiger partial charge in [-0.2, -0.15) is 0 Å². The summed E-state index contributed by atoms with van der Waals surface area (Å²) in [5.74, 6) is 1.65. The lowest BCUT2D eigenvalue weighted by Gasteiger charge is -2.08. The lowest BCUT2D eigenvalue weighted by atomic mass is 10.1. The molecule has 0 saturated carbocycles. The highest BCUT2D eigenvalue weighted by molar-refractivity contribution is 5.95. The minimum atomic E-state index is 0.815. The van der Waals surface area contributed by atoms with Gasteiger partial charge < -0.3 is 14.6 Å². The van der Waals surface area contributed by atoms with Gasteiger partial charge in [-0.15, -0.1) is 0 Å². The molecule has 0 atom stereocenters. The largest absolute Gasteiger partial charge is 0.497 e. The molecule has 2 aromatic heterocycles. The summed E-state index contributed by atoms with van der Waals surface area (Å²) >= 11 is 0. The summed E-state index contributed by atoms with van der Waals surface area (Å²) < 4.78 is 7.49. The molecule has 0 amide bonds. The Labute approximate surface area is 146 Å². The molecule has 4 rings (SSSR count). The molecule has 0 spiro atoms. The summed E-state index contributed by atoms with van der Waals surface area (Å²) in [6.45, 7) is 0. The van der Waals surface area contributed by atoms with Crippen molar-refractivity contribution >= 4 is 22.4 Å². The Morgan fingerprint density at radius 3 is 2.60 bits per heavy atom. The number of aryl methyl sites for hydroxylation is 1. The van der Waals surface area contributed by atoms with E-state index in [-0.39, 0.29) is 0 Å². The van der Waals surface area contributed by atoms with Gasteiger partial charge in [-0.25, -0.2) is 4.98 Å². The Balaban J connectivity index is 1.80. The van der Waals surface area contributed by atoms with Crippen molar-refractivity contribution in [3.8, 4) is 17.0 Å². The molecule has 4 nitrogen and oxygen atoms in total. The van der Waals surface area contributed by atoms with E-state index in [1.54, 1.807) is 7.11 Å². The van der Waals surface area contributed by atoms with Crippen LogP contribution < -0.4 is 10.1 Å². The molecule has 25 heavy (non-hydrogen) atoms. The fourth-order valence-corrected chi connectivity index (χ4v) is 3.08. The second-order valence-electron chi connectivity index (χ2n) is 5.90. The Kier molecular flexibility index (Phi) is 3.86. The van der Waals surface area contributed by atoms with E-state index in [0.29, 0.717) is 0 Å². The average molecular weight is 329 g/mol. The second-order valence-corrected chi connectivity index (χ2v) is 5.90. The van der Waals surface area contributed by atoms with Gasteiger partial charge in [-0.3, -0.25) is 0 Å². The monoisotopic (exact) mass is 329 g/mol. The minimum absolute atomic E-state index is 0.815. The third-order valence-corrected chi connectivity index (χ3v) is 4.37. The summed E-state index contributed by atoms with van der Waals surface area (Å²) in [6, 6.07) is 22.5. The number of hydrogen-bond acceptors (Lipinski definition) is 3. The molecule has 0 fully saturated rings. The van der Waals surface area contributed by atoms with Crippen LogP contribution in [0.25, 0.3) is 22.2 Å². The van der Waals surface area contributed by atoms with E-state index in [1.165, 1.54) is 5.56 Å². The van der Waals surface area contributed by atoms with Gasteiger partial charge in [0.15, 0.2) is 0 Å². The molecule has 0 aliphatic heterocycles. The summed E-state index contributed by atoms with van der Waals surface area (Å²) in [5, 5.41) is 4.50. The number of nitrogens with zero attached hydrogens (tertiary/aromatic N) is 2. The molecule has 0 saturated heterocycles. The third-order valence-electron chi connectivity index (χ3n) is 4.37. The zero-order chi connectivity index (χ0) is 17.2. The smallest absolute Gasteiger partial charge is 0.139 e. The average Bonchev–Trinajstić information content (AvgIpc) is 3.01. The maximum atomic E-state index is 5.30. The number of rotatable bonds is 4. The molecule has 0 aliphatic carbocycles. The third kappa shape index (κ3) is 2.83. The normalized spacial score (nSPS) is 10.8. The number of aromatic nitrogens is 2. The molecule has 0 bridgehead atoms. The first kappa shape index (κ1) is 15.3. The number of hydrogen-bond donors (Lipinski definition) is 1.